The van der Waals surface area contributed by atoms with Crippen LogP contribution in [0.1, 0.15) is 60.8 Å². The summed E-state index contributed by atoms with van der Waals surface area (Å²) < 4.78 is 24.7. The van der Waals surface area contributed by atoms with Crippen LogP contribution in [0.5, 0.6) is 0 Å². The lowest BCUT2D eigenvalue weighted by atomic mass is 9.86. The van der Waals surface area contributed by atoms with E-state index in [0.717, 1.165) is 17.4 Å². The zero-order valence-electron chi connectivity index (χ0n) is 17.7. The average Bonchev–Trinajstić information content (AvgIpc) is 2.59. The van der Waals surface area contributed by atoms with E-state index in [1.807, 2.05) is 19.1 Å². The number of carbonyl (C=O) groups is 1. The lowest BCUT2D eigenvalue weighted by Crippen LogP contribution is -2.28. The third-order valence-corrected chi connectivity index (χ3v) is 6.11. The van der Waals surface area contributed by atoms with Crippen molar-refractivity contribution in [1.82, 2.24) is 5.32 Å². The largest absolute Gasteiger partial charge is 0.346 e. The number of nitrogens with zero attached hydrogens (tertiary/aromatic N) is 1. The summed E-state index contributed by atoms with van der Waals surface area (Å²) in [7, 11) is -1.85. The lowest BCUT2D eigenvalue weighted by Gasteiger charge is -2.21. The quantitative estimate of drug-likeness (QED) is 0.816. The Morgan fingerprint density at radius 1 is 1.07 bits per heavy atom. The molecule has 2 aromatic rings. The summed E-state index contributed by atoms with van der Waals surface area (Å²) in [6, 6.07) is 13.2. The maximum Gasteiger partial charge on any atom is 0.251 e. The van der Waals surface area contributed by atoms with Gasteiger partial charge in [-0.25, -0.2) is 8.42 Å². The number of carbonyl (C=O) groups excluding carboxylic acids is 1. The summed E-state index contributed by atoms with van der Waals surface area (Å²) >= 11 is 0. The monoisotopic (exact) mass is 402 g/mol. The van der Waals surface area contributed by atoms with Crippen molar-refractivity contribution in [1.29, 1.82) is 0 Å². The molecule has 0 unspecified atom stereocenters. The lowest BCUT2D eigenvalue weighted by molar-refractivity contribution is 0.0940. The fourth-order valence-corrected chi connectivity index (χ4v) is 3.53. The van der Waals surface area contributed by atoms with Gasteiger partial charge in [0.15, 0.2) is 0 Å². The van der Waals surface area contributed by atoms with E-state index in [1.54, 1.807) is 25.1 Å². The van der Waals surface area contributed by atoms with Gasteiger partial charge in [0.2, 0.25) is 10.0 Å². The topological polar surface area (TPSA) is 66.5 Å². The van der Waals surface area contributed by atoms with Crippen LogP contribution in [-0.4, -0.2) is 27.6 Å². The molecule has 5 nitrogen and oxygen atoms in total. The van der Waals surface area contributed by atoms with Crippen molar-refractivity contribution in [2.24, 2.45) is 0 Å². The Morgan fingerprint density at radius 2 is 1.64 bits per heavy atom. The van der Waals surface area contributed by atoms with Gasteiger partial charge in [0.05, 0.1) is 18.0 Å². The van der Waals surface area contributed by atoms with E-state index in [0.29, 0.717) is 11.3 Å². The third-order valence-electron chi connectivity index (χ3n) is 4.92. The van der Waals surface area contributed by atoms with Crippen LogP contribution in [0.25, 0.3) is 0 Å². The minimum Gasteiger partial charge on any atom is -0.346 e. The highest BCUT2D eigenvalue weighted by Gasteiger charge is 2.18. The Labute approximate surface area is 168 Å². The summed E-state index contributed by atoms with van der Waals surface area (Å²) in [6.07, 6.45) is 1.15. The Balaban J connectivity index is 2.15. The molecule has 28 heavy (non-hydrogen) atoms. The molecule has 1 atom stereocenters. The molecule has 6 heteroatoms. The molecule has 0 radical (unpaired) electrons. The molecule has 0 aliphatic heterocycles. The number of nitrogens with one attached hydrogen (secondary N) is 1. The van der Waals surface area contributed by atoms with E-state index in [2.05, 4.69) is 38.2 Å². The summed E-state index contributed by atoms with van der Waals surface area (Å²) in [5.74, 6) is -0.191. The van der Waals surface area contributed by atoms with Crippen LogP contribution >= 0.6 is 0 Å². The first-order chi connectivity index (χ1) is 12.8. The Kier molecular flexibility index (Phi) is 6.24. The van der Waals surface area contributed by atoms with Gasteiger partial charge >= 0.3 is 0 Å². The molecule has 0 heterocycles. The van der Waals surface area contributed by atoms with Gasteiger partial charge in [-0.3, -0.25) is 9.10 Å². The Hall–Kier alpha value is -2.34. The third kappa shape index (κ3) is 5.13. The van der Waals surface area contributed by atoms with E-state index in [4.69, 9.17) is 0 Å². The molecule has 0 saturated heterocycles. The molecule has 0 aliphatic carbocycles. The number of anilines is 1. The Bertz CT molecular complexity index is 958. The fourth-order valence-electron chi connectivity index (χ4n) is 2.96. The number of amides is 1. The van der Waals surface area contributed by atoms with Crippen LogP contribution in [0.2, 0.25) is 0 Å². The van der Waals surface area contributed by atoms with Crippen molar-refractivity contribution < 1.29 is 13.2 Å². The van der Waals surface area contributed by atoms with Gasteiger partial charge in [-0.1, -0.05) is 45.0 Å². The second-order valence-corrected chi connectivity index (χ2v) is 10.3. The predicted molar refractivity (Wildman–Crippen MR) is 115 cm³/mol. The highest BCUT2D eigenvalue weighted by Crippen LogP contribution is 2.25. The second-order valence-electron chi connectivity index (χ2n) is 8.30. The summed E-state index contributed by atoms with van der Waals surface area (Å²) in [4.78, 5) is 12.6. The van der Waals surface area contributed by atoms with E-state index in [-0.39, 0.29) is 17.4 Å². The molecule has 0 aliphatic rings. The van der Waals surface area contributed by atoms with E-state index < -0.39 is 10.0 Å². The first-order valence-corrected chi connectivity index (χ1v) is 11.1. The van der Waals surface area contributed by atoms with Crippen LogP contribution in [0.4, 0.5) is 5.69 Å². The minimum absolute atomic E-state index is 0.0867. The SMILES string of the molecule is Cc1cc(C(=O)N[C@@H](C)c2ccc(C(C)(C)C)cc2)ccc1N(C)S(C)(=O)=O. The second kappa shape index (κ2) is 7.95. The van der Waals surface area contributed by atoms with Crippen LogP contribution in [0, 0.1) is 6.92 Å². The van der Waals surface area contributed by atoms with Gasteiger partial charge in [0.1, 0.15) is 0 Å². The first-order valence-electron chi connectivity index (χ1n) is 9.26. The van der Waals surface area contributed by atoms with Crippen LogP contribution in [0.3, 0.4) is 0 Å². The van der Waals surface area contributed by atoms with Crippen LogP contribution in [0.15, 0.2) is 42.5 Å². The molecule has 0 aromatic heterocycles. The number of hydrogen-bond acceptors (Lipinski definition) is 3. The predicted octanol–water partition coefficient (Wildman–Crippen LogP) is 4.18. The standard InChI is InChI=1S/C22H30N2O3S/c1-15-14-18(10-13-20(15)24(6)28(7,26)27)21(25)23-16(2)17-8-11-19(12-9-17)22(3,4)5/h8-14,16H,1-7H3,(H,23,25)/t16-/m0/s1. The molecule has 0 saturated carbocycles. The number of benzene rings is 2. The molecule has 0 bridgehead atoms. The minimum atomic E-state index is -3.35. The van der Waals surface area contributed by atoms with Gasteiger partial charge < -0.3 is 5.32 Å². The molecule has 0 fully saturated rings. The average molecular weight is 403 g/mol. The Morgan fingerprint density at radius 3 is 2.11 bits per heavy atom. The molecular formula is C22H30N2O3S. The maximum absolute atomic E-state index is 12.6. The summed E-state index contributed by atoms with van der Waals surface area (Å²) in [5.41, 5.74) is 4.15. The number of sulfonamides is 1. The van der Waals surface area contributed by atoms with Gasteiger partial charge in [-0.05, 0) is 54.2 Å². The maximum atomic E-state index is 12.6. The van der Waals surface area contributed by atoms with E-state index in [9.17, 15) is 13.2 Å². The van der Waals surface area contributed by atoms with Gasteiger partial charge in [0.25, 0.3) is 5.91 Å². The van der Waals surface area contributed by atoms with Crippen molar-refractivity contribution in [3.63, 3.8) is 0 Å². The van der Waals surface area contributed by atoms with Crippen molar-refractivity contribution in [2.45, 2.75) is 46.1 Å². The van der Waals surface area contributed by atoms with Crippen LogP contribution in [-0.2, 0) is 15.4 Å². The first kappa shape index (κ1) is 22.0. The molecule has 1 amide bonds. The molecule has 152 valence electrons. The molecule has 2 rings (SSSR count). The van der Waals surface area contributed by atoms with Gasteiger partial charge in [-0.15, -0.1) is 0 Å². The van der Waals surface area contributed by atoms with Crippen molar-refractivity contribution in [2.75, 3.05) is 17.6 Å². The van der Waals surface area contributed by atoms with Gasteiger partial charge in [0, 0.05) is 12.6 Å². The number of aryl methyl sites for hydroxylation is 1. The fraction of sp³-hybridized carbons (Fsp3) is 0.409. The smallest absolute Gasteiger partial charge is 0.251 e. The highest BCUT2D eigenvalue weighted by atomic mass is 32.2. The van der Waals surface area contributed by atoms with E-state index >= 15 is 0 Å². The molecule has 0 spiro atoms. The van der Waals surface area contributed by atoms with Crippen molar-refractivity contribution in [3.05, 3.63) is 64.7 Å². The zero-order chi connectivity index (χ0) is 21.3. The molecular weight excluding hydrogens is 372 g/mol. The summed E-state index contributed by atoms with van der Waals surface area (Å²) in [5, 5.41) is 3.01. The van der Waals surface area contributed by atoms with Crippen LogP contribution < -0.4 is 9.62 Å². The summed E-state index contributed by atoms with van der Waals surface area (Å²) in [6.45, 7) is 10.2. The highest BCUT2D eigenvalue weighted by molar-refractivity contribution is 7.92. The number of rotatable bonds is 5. The number of hydrogen-bond donors (Lipinski definition) is 1. The molecule has 2 aromatic carbocycles. The zero-order valence-corrected chi connectivity index (χ0v) is 18.5. The van der Waals surface area contributed by atoms with E-state index in [1.165, 1.54) is 16.9 Å². The molecule has 1 N–H and O–H groups in total. The normalized spacial score (nSPS) is 13.1. The van der Waals surface area contributed by atoms with Gasteiger partial charge in [-0.2, -0.15) is 0 Å². The van der Waals surface area contributed by atoms with Crippen molar-refractivity contribution >= 4 is 21.6 Å². The van der Waals surface area contributed by atoms with Crippen molar-refractivity contribution in [3.8, 4) is 0 Å².